The predicted molar refractivity (Wildman–Crippen MR) is 175 cm³/mol. The molecule has 0 spiro atoms. The molecular weight excluding hydrogens is 642 g/mol. The number of thiophene rings is 1. The van der Waals surface area contributed by atoms with Crippen molar-refractivity contribution in [2.24, 2.45) is 11.8 Å². The van der Waals surface area contributed by atoms with Crippen molar-refractivity contribution >= 4 is 46.7 Å². The molecule has 7 atom stereocenters. The first kappa shape index (κ1) is 33.3. The van der Waals surface area contributed by atoms with Crippen LogP contribution >= 0.6 is 18.9 Å². The second-order valence-corrected chi connectivity index (χ2v) is 15.6. The zero-order chi connectivity index (χ0) is 33.5. The number of likely N-dealkylation sites (tertiary alicyclic amines) is 1. The SMILES string of the molecule is CC[C@H]1CC[C@H](NC(=O)c2cc3cc(C(F)P(=O)(O)O)ccc3s2)C(=O)N2[C@H](CC[C@H]2C(=O)N2C[C@@H](C#N)[C@H](c3ccccc3)C2)C1. The molecule has 0 bridgehead atoms. The Bertz CT molecular complexity index is 1760. The van der Waals surface area contributed by atoms with E-state index in [0.717, 1.165) is 36.2 Å². The highest BCUT2D eigenvalue weighted by molar-refractivity contribution is 7.51. The molecule has 3 amide bonds. The molecule has 10 nitrogen and oxygen atoms in total. The summed E-state index contributed by atoms with van der Waals surface area (Å²) in [5.41, 5.74) is 0.833. The predicted octanol–water partition coefficient (Wildman–Crippen LogP) is 5.48. The summed E-state index contributed by atoms with van der Waals surface area (Å²) in [6.07, 6.45) is 4.10. The zero-order valence-corrected chi connectivity index (χ0v) is 27.7. The number of hydrogen-bond acceptors (Lipinski definition) is 6. The summed E-state index contributed by atoms with van der Waals surface area (Å²) in [5, 5.41) is 13.3. The third-order valence-electron chi connectivity index (χ3n) is 10.1. The first-order valence-corrected chi connectivity index (χ1v) is 18.6. The summed E-state index contributed by atoms with van der Waals surface area (Å²) >= 11 is 1.14. The first-order chi connectivity index (χ1) is 22.5. The van der Waals surface area contributed by atoms with E-state index in [0.29, 0.717) is 48.4 Å². The van der Waals surface area contributed by atoms with E-state index in [1.165, 1.54) is 24.3 Å². The summed E-state index contributed by atoms with van der Waals surface area (Å²) in [7, 11) is -4.99. The molecule has 3 N–H and O–H groups in total. The summed E-state index contributed by atoms with van der Waals surface area (Å²) in [6.45, 7) is 2.83. The Kier molecular flexibility index (Phi) is 9.54. The third-order valence-corrected chi connectivity index (χ3v) is 12.1. The number of nitriles is 1. The van der Waals surface area contributed by atoms with Crippen molar-refractivity contribution in [2.45, 2.75) is 75.4 Å². The number of alkyl halides is 1. The van der Waals surface area contributed by atoms with Gasteiger partial charge in [0.1, 0.15) is 12.1 Å². The quantitative estimate of drug-likeness (QED) is 0.280. The second-order valence-electron chi connectivity index (χ2n) is 12.9. The van der Waals surface area contributed by atoms with E-state index in [4.69, 9.17) is 0 Å². The fourth-order valence-corrected chi connectivity index (χ4v) is 9.01. The molecular formula is C34H38FN4O6PS. The molecule has 1 unspecified atom stereocenters. The average molecular weight is 681 g/mol. The second kappa shape index (κ2) is 13.5. The molecule has 3 aliphatic rings. The fraction of sp³-hybridized carbons (Fsp3) is 0.471. The van der Waals surface area contributed by atoms with Crippen LogP contribution in [0.4, 0.5) is 4.39 Å². The lowest BCUT2D eigenvalue weighted by molar-refractivity contribution is -0.147. The van der Waals surface area contributed by atoms with Crippen molar-refractivity contribution in [3.63, 3.8) is 0 Å². The van der Waals surface area contributed by atoms with E-state index in [9.17, 15) is 38.4 Å². The van der Waals surface area contributed by atoms with E-state index in [1.807, 2.05) is 30.3 Å². The molecule has 3 fully saturated rings. The van der Waals surface area contributed by atoms with Crippen molar-refractivity contribution < 1.29 is 33.1 Å². The number of hydrogen-bond donors (Lipinski definition) is 3. The fourth-order valence-electron chi connectivity index (χ4n) is 7.51. The van der Waals surface area contributed by atoms with E-state index in [-0.39, 0.29) is 40.1 Å². The van der Waals surface area contributed by atoms with E-state index >= 15 is 0 Å². The molecule has 248 valence electrons. The Balaban J connectivity index is 1.22. The van der Waals surface area contributed by atoms with Crippen molar-refractivity contribution in [3.8, 4) is 6.07 Å². The average Bonchev–Trinajstić information content (AvgIpc) is 3.80. The van der Waals surface area contributed by atoms with Crippen LogP contribution in [0.1, 0.15) is 78.1 Å². The summed E-state index contributed by atoms with van der Waals surface area (Å²) < 4.78 is 26.4. The molecule has 13 heteroatoms. The van der Waals surface area contributed by atoms with Crippen LogP contribution in [-0.2, 0) is 14.2 Å². The molecule has 0 radical (unpaired) electrons. The Morgan fingerprint density at radius 2 is 1.87 bits per heavy atom. The van der Waals surface area contributed by atoms with Crippen LogP contribution in [0.25, 0.3) is 10.1 Å². The molecule has 2 aromatic carbocycles. The smallest absolute Gasteiger partial charge is 0.340 e. The molecule has 1 aromatic heterocycles. The lowest BCUT2D eigenvalue weighted by Crippen LogP contribution is -2.57. The maximum atomic E-state index is 14.3. The van der Waals surface area contributed by atoms with Crippen LogP contribution in [0.2, 0.25) is 0 Å². The van der Waals surface area contributed by atoms with Gasteiger partial charge in [-0.3, -0.25) is 18.9 Å². The van der Waals surface area contributed by atoms with Gasteiger partial charge in [-0.1, -0.05) is 49.7 Å². The maximum absolute atomic E-state index is 14.3. The van der Waals surface area contributed by atoms with Gasteiger partial charge >= 0.3 is 7.60 Å². The van der Waals surface area contributed by atoms with Crippen molar-refractivity contribution in [1.82, 2.24) is 15.1 Å². The van der Waals surface area contributed by atoms with Gasteiger partial charge in [-0.25, -0.2) is 4.39 Å². The number of carbonyl (C=O) groups is 3. The van der Waals surface area contributed by atoms with Crippen LogP contribution < -0.4 is 5.32 Å². The number of rotatable bonds is 7. The molecule has 6 rings (SSSR count). The standard InChI is InChI=1S/C34H38FN4O6PS/c1-2-20-8-11-27(37-32(40)30-16-23-15-22(9-13-29(23)47-30)31(35)46(43,44)45)33(41)39-25(14-20)10-12-28(39)34(42)38-18-24(17-36)26(19-38)21-6-4-3-5-7-21/h3-7,9,13,15-16,20,24-28,31H,2,8,10-12,14,18-19H2,1H3,(H,37,40)(H2,43,44,45)/t20-,24+,25+,26-,27-,28-,31?/m0/s1. The third kappa shape index (κ3) is 6.72. The Morgan fingerprint density at radius 3 is 2.57 bits per heavy atom. The van der Waals surface area contributed by atoms with Gasteiger partial charge in [0.15, 0.2) is 0 Å². The monoisotopic (exact) mass is 680 g/mol. The van der Waals surface area contributed by atoms with E-state index in [2.05, 4.69) is 18.3 Å². The Morgan fingerprint density at radius 1 is 1.11 bits per heavy atom. The number of carbonyl (C=O) groups excluding carboxylic acids is 3. The van der Waals surface area contributed by atoms with Gasteiger partial charge < -0.3 is 24.9 Å². The van der Waals surface area contributed by atoms with Gasteiger partial charge in [0, 0.05) is 29.7 Å². The van der Waals surface area contributed by atoms with Gasteiger partial charge in [0.25, 0.3) is 5.91 Å². The highest BCUT2D eigenvalue weighted by atomic mass is 32.1. The van der Waals surface area contributed by atoms with Crippen LogP contribution in [-0.4, -0.2) is 68.5 Å². The number of nitrogens with zero attached hydrogens (tertiary/aromatic N) is 3. The number of benzene rings is 2. The van der Waals surface area contributed by atoms with Gasteiger partial charge in [-0.2, -0.15) is 5.26 Å². The van der Waals surface area contributed by atoms with Crippen LogP contribution in [0.5, 0.6) is 0 Å². The summed E-state index contributed by atoms with van der Waals surface area (Å²) in [6, 6.07) is 16.1. The minimum absolute atomic E-state index is 0.105. The van der Waals surface area contributed by atoms with Gasteiger partial charge in [-0.05, 0) is 72.7 Å². The van der Waals surface area contributed by atoms with Gasteiger partial charge in [-0.15, -0.1) is 11.3 Å². The summed E-state index contributed by atoms with van der Waals surface area (Å²) in [4.78, 5) is 64.1. The van der Waals surface area contributed by atoms with Gasteiger partial charge in [0.05, 0.1) is 16.9 Å². The topological polar surface area (TPSA) is 151 Å². The zero-order valence-electron chi connectivity index (χ0n) is 26.0. The number of fused-ring (bicyclic) bond motifs is 2. The number of nitrogens with one attached hydrogen (secondary N) is 1. The van der Waals surface area contributed by atoms with Gasteiger partial charge in [0.2, 0.25) is 17.7 Å². The highest BCUT2D eigenvalue weighted by Gasteiger charge is 2.48. The van der Waals surface area contributed by atoms with Crippen molar-refractivity contribution in [3.05, 3.63) is 70.6 Å². The maximum Gasteiger partial charge on any atom is 0.363 e. The van der Waals surface area contributed by atoms with Crippen LogP contribution in [0, 0.1) is 23.2 Å². The highest BCUT2D eigenvalue weighted by Crippen LogP contribution is 2.53. The minimum Gasteiger partial charge on any atom is -0.340 e. The minimum atomic E-state index is -4.99. The van der Waals surface area contributed by atoms with E-state index in [1.54, 1.807) is 9.80 Å². The molecule has 0 aliphatic carbocycles. The normalized spacial score (nSPS) is 27.2. The summed E-state index contributed by atoms with van der Waals surface area (Å²) in [5.74, 6) is -3.51. The van der Waals surface area contributed by atoms with Crippen LogP contribution in [0.15, 0.2) is 54.6 Å². The van der Waals surface area contributed by atoms with E-state index < -0.39 is 31.5 Å². The Hall–Kier alpha value is -3.62. The largest absolute Gasteiger partial charge is 0.363 e. The first-order valence-electron chi connectivity index (χ1n) is 16.1. The Labute approximate surface area is 276 Å². The van der Waals surface area contributed by atoms with Crippen LogP contribution in [0.3, 0.4) is 0 Å². The molecule has 3 aromatic rings. The molecule has 4 heterocycles. The molecule has 0 saturated carbocycles. The molecule has 3 aliphatic heterocycles. The van der Waals surface area contributed by atoms with Crippen molar-refractivity contribution in [2.75, 3.05) is 13.1 Å². The number of halogens is 1. The molecule has 3 saturated heterocycles. The lowest BCUT2D eigenvalue weighted by Gasteiger charge is -2.38. The lowest BCUT2D eigenvalue weighted by atomic mass is 9.87. The van der Waals surface area contributed by atoms with Crippen molar-refractivity contribution in [1.29, 1.82) is 5.26 Å². The molecule has 47 heavy (non-hydrogen) atoms. The number of amides is 3.